The van der Waals surface area contributed by atoms with Gasteiger partial charge in [-0.3, -0.25) is 0 Å². The van der Waals surface area contributed by atoms with Crippen LogP contribution in [0.4, 0.5) is 5.69 Å². The molecule has 0 spiro atoms. The van der Waals surface area contributed by atoms with Gasteiger partial charge in [0.1, 0.15) is 0 Å². The van der Waals surface area contributed by atoms with E-state index in [1.807, 2.05) is 0 Å². The molecule has 2 bridgehead atoms. The lowest BCUT2D eigenvalue weighted by molar-refractivity contribution is 0.348. The van der Waals surface area contributed by atoms with E-state index < -0.39 is 0 Å². The van der Waals surface area contributed by atoms with Gasteiger partial charge in [-0.1, -0.05) is 46.6 Å². The van der Waals surface area contributed by atoms with Crippen LogP contribution >= 0.6 is 15.9 Å². The molecule has 0 saturated heterocycles. The quantitative estimate of drug-likeness (QED) is 0.789. The summed E-state index contributed by atoms with van der Waals surface area (Å²) in [4.78, 5) is 0. The first-order valence-corrected chi connectivity index (χ1v) is 8.51. The van der Waals surface area contributed by atoms with Crippen LogP contribution in [0.3, 0.4) is 0 Å². The lowest BCUT2D eigenvalue weighted by Crippen LogP contribution is -2.20. The van der Waals surface area contributed by atoms with Crippen LogP contribution in [0.2, 0.25) is 0 Å². The molecular weight excluding hydrogens is 310 g/mol. The highest BCUT2D eigenvalue weighted by atomic mass is 79.9. The third-order valence-electron chi connectivity index (χ3n) is 5.31. The topological polar surface area (TPSA) is 12.0 Å². The summed E-state index contributed by atoms with van der Waals surface area (Å²) in [5.74, 6) is 2.93. The maximum Gasteiger partial charge on any atom is 0.0420 e. The first kappa shape index (κ1) is 12.7. The Hall–Kier alpha value is -1.02. The van der Waals surface area contributed by atoms with E-state index in [2.05, 4.69) is 57.6 Å². The Balaban J connectivity index is 1.56. The Morgan fingerprint density at radius 3 is 2.60 bits per heavy atom. The summed E-state index contributed by atoms with van der Waals surface area (Å²) >= 11 is 3.65. The summed E-state index contributed by atoms with van der Waals surface area (Å²) in [6.45, 7) is 1.15. The maximum absolute atomic E-state index is 3.72. The van der Waals surface area contributed by atoms with E-state index in [0.717, 1.165) is 24.3 Å². The summed E-state index contributed by atoms with van der Waals surface area (Å²) in [7, 11) is 0. The van der Waals surface area contributed by atoms with Gasteiger partial charge in [-0.25, -0.2) is 0 Å². The van der Waals surface area contributed by atoms with Crippen molar-refractivity contribution in [3.05, 3.63) is 40.9 Å². The summed E-state index contributed by atoms with van der Waals surface area (Å²) in [5.41, 5.74) is 1.28. The highest BCUT2D eigenvalue weighted by Crippen LogP contribution is 2.48. The zero-order valence-electron chi connectivity index (χ0n) is 11.6. The summed E-state index contributed by atoms with van der Waals surface area (Å²) in [6.07, 6.45) is 5.90. The lowest BCUT2D eigenvalue weighted by atomic mass is 9.89. The molecule has 104 valence electrons. The van der Waals surface area contributed by atoms with E-state index >= 15 is 0 Å². The minimum Gasteiger partial charge on any atom is -0.384 e. The van der Waals surface area contributed by atoms with E-state index in [4.69, 9.17) is 0 Å². The molecule has 20 heavy (non-hydrogen) atoms. The number of hydrogen-bond donors (Lipinski definition) is 1. The van der Waals surface area contributed by atoms with Gasteiger partial charge in [0, 0.05) is 22.1 Å². The molecule has 2 aromatic rings. The fourth-order valence-electron chi connectivity index (χ4n) is 4.28. The Bertz CT molecular complexity index is 636. The number of halogens is 1. The van der Waals surface area contributed by atoms with Crippen LogP contribution in [0.1, 0.15) is 25.7 Å². The molecule has 2 fully saturated rings. The average molecular weight is 330 g/mol. The number of rotatable bonds is 3. The van der Waals surface area contributed by atoms with Crippen molar-refractivity contribution in [2.75, 3.05) is 11.9 Å². The molecule has 2 aliphatic rings. The van der Waals surface area contributed by atoms with Crippen molar-refractivity contribution in [3.8, 4) is 0 Å². The SMILES string of the molecule is Brc1ccc(NCC2CC3CCC2C3)c2ccccc12. The second-order valence-corrected chi connectivity index (χ2v) is 7.31. The maximum atomic E-state index is 3.72. The Labute approximate surface area is 128 Å². The van der Waals surface area contributed by atoms with Gasteiger partial charge >= 0.3 is 0 Å². The van der Waals surface area contributed by atoms with Crippen LogP contribution in [-0.2, 0) is 0 Å². The molecule has 2 aliphatic carbocycles. The van der Waals surface area contributed by atoms with Crippen molar-refractivity contribution in [1.29, 1.82) is 0 Å². The molecule has 2 saturated carbocycles. The summed E-state index contributed by atoms with van der Waals surface area (Å²) in [6, 6.07) is 13.0. The van der Waals surface area contributed by atoms with Crippen molar-refractivity contribution < 1.29 is 0 Å². The molecule has 1 nitrogen and oxygen atoms in total. The van der Waals surface area contributed by atoms with Gasteiger partial charge in [-0.2, -0.15) is 0 Å². The minimum absolute atomic E-state index is 0.899. The van der Waals surface area contributed by atoms with E-state index in [1.165, 1.54) is 46.6 Å². The first-order chi connectivity index (χ1) is 9.81. The first-order valence-electron chi connectivity index (χ1n) is 7.72. The lowest BCUT2D eigenvalue weighted by Gasteiger charge is -2.23. The summed E-state index contributed by atoms with van der Waals surface area (Å²) in [5, 5.41) is 6.34. The molecule has 0 heterocycles. The number of fused-ring (bicyclic) bond motifs is 3. The predicted octanol–water partition coefficient (Wildman–Crippen LogP) is 5.45. The highest BCUT2D eigenvalue weighted by Gasteiger charge is 2.39. The van der Waals surface area contributed by atoms with Crippen LogP contribution in [0.5, 0.6) is 0 Å². The van der Waals surface area contributed by atoms with E-state index in [9.17, 15) is 0 Å². The van der Waals surface area contributed by atoms with Crippen LogP contribution in [0.25, 0.3) is 10.8 Å². The number of nitrogens with one attached hydrogen (secondary N) is 1. The second kappa shape index (κ2) is 5.07. The van der Waals surface area contributed by atoms with Crippen LogP contribution in [-0.4, -0.2) is 6.54 Å². The smallest absolute Gasteiger partial charge is 0.0420 e. The van der Waals surface area contributed by atoms with Crippen molar-refractivity contribution in [2.45, 2.75) is 25.7 Å². The molecule has 2 heteroatoms. The van der Waals surface area contributed by atoms with Gasteiger partial charge in [-0.15, -0.1) is 0 Å². The fraction of sp³-hybridized carbons (Fsp3) is 0.444. The molecule has 1 N–H and O–H groups in total. The summed E-state index contributed by atoms with van der Waals surface area (Å²) < 4.78 is 1.18. The Kier molecular flexibility index (Phi) is 3.22. The van der Waals surface area contributed by atoms with Crippen LogP contribution < -0.4 is 5.32 Å². The molecule has 4 rings (SSSR count). The zero-order chi connectivity index (χ0) is 13.5. The Morgan fingerprint density at radius 2 is 1.85 bits per heavy atom. The molecule has 2 aromatic carbocycles. The molecule has 3 atom stereocenters. The fourth-order valence-corrected chi connectivity index (χ4v) is 4.76. The van der Waals surface area contributed by atoms with Crippen molar-refractivity contribution in [3.63, 3.8) is 0 Å². The number of hydrogen-bond acceptors (Lipinski definition) is 1. The largest absolute Gasteiger partial charge is 0.384 e. The van der Waals surface area contributed by atoms with Gasteiger partial charge < -0.3 is 5.32 Å². The minimum atomic E-state index is 0.899. The molecule has 3 unspecified atom stereocenters. The van der Waals surface area contributed by atoms with E-state index in [-0.39, 0.29) is 0 Å². The third kappa shape index (κ3) is 2.14. The van der Waals surface area contributed by atoms with E-state index in [1.54, 1.807) is 0 Å². The van der Waals surface area contributed by atoms with Crippen molar-refractivity contribution in [2.24, 2.45) is 17.8 Å². The average Bonchev–Trinajstić information content (AvgIpc) is 3.09. The van der Waals surface area contributed by atoms with Crippen LogP contribution in [0.15, 0.2) is 40.9 Å². The predicted molar refractivity (Wildman–Crippen MR) is 89.1 cm³/mol. The molecule has 0 amide bonds. The standard InChI is InChI=1S/C18H20BrN/c19-17-7-8-18(16-4-2-1-3-15(16)17)20-11-14-10-12-5-6-13(14)9-12/h1-4,7-8,12-14,20H,5-6,9-11H2. The van der Waals surface area contributed by atoms with Crippen molar-refractivity contribution in [1.82, 2.24) is 0 Å². The monoisotopic (exact) mass is 329 g/mol. The van der Waals surface area contributed by atoms with Gasteiger partial charge in [0.05, 0.1) is 0 Å². The number of benzene rings is 2. The number of anilines is 1. The zero-order valence-corrected chi connectivity index (χ0v) is 13.2. The van der Waals surface area contributed by atoms with Crippen LogP contribution in [0, 0.1) is 17.8 Å². The van der Waals surface area contributed by atoms with Gasteiger partial charge in [0.2, 0.25) is 0 Å². The van der Waals surface area contributed by atoms with E-state index in [0.29, 0.717) is 0 Å². The van der Waals surface area contributed by atoms with Gasteiger partial charge in [0.25, 0.3) is 0 Å². The molecule has 0 aromatic heterocycles. The normalized spacial score (nSPS) is 28.1. The Morgan fingerprint density at radius 1 is 1.00 bits per heavy atom. The van der Waals surface area contributed by atoms with Crippen molar-refractivity contribution >= 4 is 32.4 Å². The third-order valence-corrected chi connectivity index (χ3v) is 6.00. The molecule has 0 aliphatic heterocycles. The second-order valence-electron chi connectivity index (χ2n) is 6.46. The highest BCUT2D eigenvalue weighted by molar-refractivity contribution is 9.10. The van der Waals surface area contributed by atoms with Gasteiger partial charge in [-0.05, 0) is 54.5 Å². The van der Waals surface area contributed by atoms with Gasteiger partial charge in [0.15, 0.2) is 0 Å². The molecular formula is C18H20BrN. The molecule has 0 radical (unpaired) electrons.